The molecular formula is C23H25F3N6O2S. The van der Waals surface area contributed by atoms with E-state index in [-0.39, 0.29) is 29.8 Å². The van der Waals surface area contributed by atoms with E-state index in [2.05, 4.69) is 19.9 Å². The van der Waals surface area contributed by atoms with Gasteiger partial charge in [0.2, 0.25) is 5.91 Å². The number of nitrogens with zero attached hydrogens (tertiary/aromatic N) is 5. The lowest BCUT2D eigenvalue weighted by molar-refractivity contribution is -0.137. The minimum atomic E-state index is -4.51. The van der Waals surface area contributed by atoms with Crippen molar-refractivity contribution in [3.63, 3.8) is 0 Å². The largest absolute Gasteiger partial charge is 0.416 e. The maximum Gasteiger partial charge on any atom is 0.416 e. The predicted octanol–water partition coefficient (Wildman–Crippen LogP) is 2.91. The van der Waals surface area contributed by atoms with Crippen LogP contribution in [0.2, 0.25) is 0 Å². The molecule has 1 aromatic carbocycles. The molecule has 1 saturated heterocycles. The Morgan fingerprint density at radius 1 is 1.23 bits per heavy atom. The third kappa shape index (κ3) is 4.69. The first-order chi connectivity index (χ1) is 16.6. The summed E-state index contributed by atoms with van der Waals surface area (Å²) in [5.41, 5.74) is 4.17. The van der Waals surface area contributed by atoms with Gasteiger partial charge >= 0.3 is 6.18 Å². The molecule has 2 aromatic heterocycles. The van der Waals surface area contributed by atoms with Crippen LogP contribution in [0.1, 0.15) is 36.3 Å². The standard InChI is InChI=1S/C23H25F3N6O2S/c24-23(25,26)14-1-2-18-17(9-14)20(30-13-29-18)32(12-19(27)33)16-10-31(11-16)15-3-5-22(34,6-4-15)21-28-7-8-35-21/h1-2,7-9,13,15-16,34H,3-6,10-12H2,(H2,27,33). The van der Waals surface area contributed by atoms with Gasteiger partial charge in [-0.25, -0.2) is 15.0 Å². The summed E-state index contributed by atoms with van der Waals surface area (Å²) < 4.78 is 40.0. The van der Waals surface area contributed by atoms with Gasteiger partial charge in [-0.15, -0.1) is 11.3 Å². The second-order valence-corrected chi connectivity index (χ2v) is 10.1. The number of aliphatic hydroxyl groups is 1. The van der Waals surface area contributed by atoms with Gasteiger partial charge in [0.15, 0.2) is 0 Å². The monoisotopic (exact) mass is 506 g/mol. The molecule has 0 spiro atoms. The van der Waals surface area contributed by atoms with Gasteiger partial charge in [0.25, 0.3) is 0 Å². The van der Waals surface area contributed by atoms with E-state index in [0.29, 0.717) is 31.4 Å². The number of hydrogen-bond acceptors (Lipinski definition) is 8. The number of primary amides is 1. The zero-order valence-electron chi connectivity index (χ0n) is 18.8. The van der Waals surface area contributed by atoms with Gasteiger partial charge < -0.3 is 15.7 Å². The summed E-state index contributed by atoms with van der Waals surface area (Å²) in [5.74, 6) is -0.320. The molecule has 1 aliphatic heterocycles. The second-order valence-electron chi connectivity index (χ2n) is 9.23. The van der Waals surface area contributed by atoms with E-state index in [1.807, 2.05) is 5.38 Å². The molecule has 2 aliphatic rings. The highest BCUT2D eigenvalue weighted by atomic mass is 32.1. The Morgan fingerprint density at radius 2 is 1.97 bits per heavy atom. The summed E-state index contributed by atoms with van der Waals surface area (Å²) in [5, 5.41) is 13.8. The molecule has 3 heterocycles. The lowest BCUT2D eigenvalue weighted by Gasteiger charge is -2.51. The van der Waals surface area contributed by atoms with E-state index in [9.17, 15) is 23.1 Å². The van der Waals surface area contributed by atoms with Crippen LogP contribution in [0.15, 0.2) is 36.1 Å². The lowest BCUT2D eigenvalue weighted by atomic mass is 9.81. The minimum absolute atomic E-state index is 0.130. The van der Waals surface area contributed by atoms with E-state index in [1.165, 1.54) is 23.7 Å². The van der Waals surface area contributed by atoms with Crippen LogP contribution >= 0.6 is 11.3 Å². The van der Waals surface area contributed by atoms with Crippen LogP contribution in [0.3, 0.4) is 0 Å². The molecule has 2 fully saturated rings. The number of fused-ring (bicyclic) bond motifs is 1. The third-order valence-electron chi connectivity index (χ3n) is 7.00. The zero-order valence-corrected chi connectivity index (χ0v) is 19.6. The van der Waals surface area contributed by atoms with Gasteiger partial charge in [0.05, 0.1) is 23.7 Å². The van der Waals surface area contributed by atoms with Gasteiger partial charge in [0, 0.05) is 36.1 Å². The number of benzene rings is 1. The topological polar surface area (TPSA) is 108 Å². The van der Waals surface area contributed by atoms with Crippen molar-refractivity contribution in [1.29, 1.82) is 0 Å². The highest BCUT2D eigenvalue weighted by molar-refractivity contribution is 7.09. The molecule has 12 heteroatoms. The van der Waals surface area contributed by atoms with E-state index < -0.39 is 23.2 Å². The van der Waals surface area contributed by atoms with Crippen molar-refractivity contribution < 1.29 is 23.1 Å². The molecule has 3 N–H and O–H groups in total. The molecule has 1 saturated carbocycles. The van der Waals surface area contributed by atoms with Gasteiger partial charge in [-0.05, 0) is 43.9 Å². The highest BCUT2D eigenvalue weighted by Crippen LogP contribution is 2.41. The maximum atomic E-state index is 13.3. The van der Waals surface area contributed by atoms with Gasteiger partial charge in [-0.1, -0.05) is 0 Å². The van der Waals surface area contributed by atoms with Gasteiger partial charge in [-0.3, -0.25) is 9.69 Å². The summed E-state index contributed by atoms with van der Waals surface area (Å²) >= 11 is 1.46. The molecule has 0 bridgehead atoms. The molecule has 1 aliphatic carbocycles. The Morgan fingerprint density at radius 3 is 2.60 bits per heavy atom. The number of amides is 1. The van der Waals surface area contributed by atoms with Crippen LogP contribution in [0.25, 0.3) is 10.9 Å². The summed E-state index contributed by atoms with van der Waals surface area (Å²) in [6.07, 6.45) is 1.34. The van der Waals surface area contributed by atoms with Crippen LogP contribution in [0.5, 0.6) is 0 Å². The molecule has 35 heavy (non-hydrogen) atoms. The smallest absolute Gasteiger partial charge is 0.383 e. The Labute approximate surface area is 203 Å². The number of hydrogen-bond donors (Lipinski definition) is 2. The first kappa shape index (κ1) is 23.9. The van der Waals surface area contributed by atoms with E-state index in [1.54, 1.807) is 11.1 Å². The molecule has 0 unspecified atom stereocenters. The van der Waals surface area contributed by atoms with E-state index in [4.69, 9.17) is 5.73 Å². The van der Waals surface area contributed by atoms with Crippen LogP contribution < -0.4 is 10.6 Å². The van der Waals surface area contributed by atoms with Crippen molar-refractivity contribution in [2.45, 2.75) is 49.5 Å². The van der Waals surface area contributed by atoms with Crippen molar-refractivity contribution in [1.82, 2.24) is 19.9 Å². The number of rotatable bonds is 6. The summed E-state index contributed by atoms with van der Waals surface area (Å²) in [6.45, 7) is 1.09. The number of carbonyl (C=O) groups is 1. The number of nitrogens with two attached hydrogens (primary N) is 1. The van der Waals surface area contributed by atoms with Crippen molar-refractivity contribution in [3.8, 4) is 0 Å². The molecular weight excluding hydrogens is 481 g/mol. The average molecular weight is 507 g/mol. The Balaban J connectivity index is 1.32. The van der Waals surface area contributed by atoms with Crippen LogP contribution in [-0.2, 0) is 16.6 Å². The summed E-state index contributed by atoms with van der Waals surface area (Å²) in [7, 11) is 0. The Hall–Kier alpha value is -2.83. The Bertz CT molecular complexity index is 1210. The quantitative estimate of drug-likeness (QED) is 0.529. The number of likely N-dealkylation sites (tertiary alicyclic amines) is 1. The molecule has 186 valence electrons. The number of aromatic nitrogens is 3. The molecule has 8 nitrogen and oxygen atoms in total. The zero-order chi connectivity index (χ0) is 24.8. The first-order valence-electron chi connectivity index (χ1n) is 11.4. The van der Waals surface area contributed by atoms with Gasteiger partial charge in [-0.2, -0.15) is 13.2 Å². The SMILES string of the molecule is NC(=O)CN(c1ncnc2ccc(C(F)(F)F)cc12)C1CN(C2CCC(O)(c3nccs3)CC2)C1. The molecule has 0 atom stereocenters. The predicted molar refractivity (Wildman–Crippen MR) is 125 cm³/mol. The minimum Gasteiger partial charge on any atom is -0.383 e. The Kier molecular flexibility index (Phi) is 6.14. The number of anilines is 1. The lowest BCUT2D eigenvalue weighted by Crippen LogP contribution is -2.64. The van der Waals surface area contributed by atoms with Crippen LogP contribution in [0, 0.1) is 0 Å². The normalized spacial score (nSPS) is 23.8. The number of alkyl halides is 3. The van der Waals surface area contributed by atoms with Crippen molar-refractivity contribution in [2.75, 3.05) is 24.5 Å². The fourth-order valence-electron chi connectivity index (χ4n) is 5.09. The number of halogens is 3. The maximum absolute atomic E-state index is 13.3. The fourth-order valence-corrected chi connectivity index (χ4v) is 5.88. The van der Waals surface area contributed by atoms with Crippen LogP contribution in [0.4, 0.5) is 19.0 Å². The van der Waals surface area contributed by atoms with Crippen LogP contribution in [-0.4, -0.2) is 62.6 Å². The fraction of sp³-hybridized carbons (Fsp3) is 0.478. The first-order valence-corrected chi connectivity index (χ1v) is 12.3. The number of carbonyl (C=O) groups excluding carboxylic acids is 1. The molecule has 1 amide bonds. The summed E-state index contributed by atoms with van der Waals surface area (Å²) in [6, 6.07) is 3.47. The van der Waals surface area contributed by atoms with Crippen molar-refractivity contribution in [2.24, 2.45) is 5.73 Å². The van der Waals surface area contributed by atoms with Gasteiger partial charge in [0.1, 0.15) is 22.8 Å². The third-order valence-corrected chi connectivity index (χ3v) is 7.97. The summed E-state index contributed by atoms with van der Waals surface area (Å²) in [4.78, 5) is 28.5. The van der Waals surface area contributed by atoms with E-state index in [0.717, 1.165) is 30.0 Å². The average Bonchev–Trinajstić information content (AvgIpc) is 3.33. The highest BCUT2D eigenvalue weighted by Gasteiger charge is 2.43. The van der Waals surface area contributed by atoms with Crippen molar-refractivity contribution in [3.05, 3.63) is 46.7 Å². The second kappa shape index (κ2) is 8.99. The molecule has 0 radical (unpaired) electrons. The number of thiazole rings is 1. The van der Waals surface area contributed by atoms with Crippen molar-refractivity contribution >= 4 is 34.0 Å². The van der Waals surface area contributed by atoms with E-state index >= 15 is 0 Å². The molecule has 3 aromatic rings. The molecule has 5 rings (SSSR count).